The number of nitrogens with zero attached hydrogens (tertiary/aromatic N) is 3. The highest BCUT2D eigenvalue weighted by Gasteiger charge is 2.11. The summed E-state index contributed by atoms with van der Waals surface area (Å²) in [6.45, 7) is 1.86. The molecule has 0 unspecified atom stereocenters. The number of carbonyl (C=O) groups is 1. The molecule has 1 amide bonds. The van der Waals surface area contributed by atoms with Crippen LogP contribution in [0.3, 0.4) is 0 Å². The lowest BCUT2D eigenvalue weighted by Gasteiger charge is -2.08. The van der Waals surface area contributed by atoms with E-state index in [1.54, 1.807) is 12.1 Å². The average molecular weight is 475 g/mol. The summed E-state index contributed by atoms with van der Waals surface area (Å²) in [6.07, 6.45) is 0. The van der Waals surface area contributed by atoms with Crippen LogP contribution in [0, 0.1) is 18.3 Å². The van der Waals surface area contributed by atoms with Crippen LogP contribution >= 0.6 is 39.0 Å². The lowest BCUT2D eigenvalue weighted by Crippen LogP contribution is -2.20. The van der Waals surface area contributed by atoms with Crippen molar-refractivity contribution < 1.29 is 9.53 Å². The van der Waals surface area contributed by atoms with Gasteiger partial charge in [-0.15, -0.1) is 10.2 Å². The fraction of sp³-hybridized carbons (Fsp3) is 0.158. The molecule has 0 spiro atoms. The molecule has 0 aliphatic carbocycles. The number of thioether (sulfide) groups is 1. The molecule has 0 bridgehead atoms. The molecule has 0 fully saturated rings. The van der Waals surface area contributed by atoms with Gasteiger partial charge < -0.3 is 4.74 Å². The van der Waals surface area contributed by atoms with Gasteiger partial charge in [-0.05, 0) is 58.2 Å². The summed E-state index contributed by atoms with van der Waals surface area (Å²) in [4.78, 5) is 12.1. The van der Waals surface area contributed by atoms with E-state index < -0.39 is 0 Å². The largest absolute Gasteiger partial charge is 0.483 e. The first-order chi connectivity index (χ1) is 13.5. The van der Waals surface area contributed by atoms with E-state index in [-0.39, 0.29) is 12.5 Å². The van der Waals surface area contributed by atoms with E-state index in [4.69, 9.17) is 10.00 Å². The van der Waals surface area contributed by atoms with Gasteiger partial charge >= 0.3 is 0 Å². The van der Waals surface area contributed by atoms with Crippen molar-refractivity contribution in [3.63, 3.8) is 0 Å². The molecule has 0 radical (unpaired) electrons. The number of hydrogen-bond donors (Lipinski definition) is 1. The maximum atomic E-state index is 12.1. The van der Waals surface area contributed by atoms with Gasteiger partial charge in [0.2, 0.25) is 5.13 Å². The molecule has 1 heterocycles. The minimum absolute atomic E-state index is 0.116. The van der Waals surface area contributed by atoms with E-state index in [9.17, 15) is 4.79 Å². The van der Waals surface area contributed by atoms with Crippen LogP contribution in [0.2, 0.25) is 0 Å². The van der Waals surface area contributed by atoms with Crippen molar-refractivity contribution in [2.24, 2.45) is 0 Å². The van der Waals surface area contributed by atoms with Gasteiger partial charge in [0.05, 0.1) is 16.1 Å². The van der Waals surface area contributed by atoms with Gasteiger partial charge in [0.15, 0.2) is 10.9 Å². The zero-order chi connectivity index (χ0) is 19.9. The summed E-state index contributed by atoms with van der Waals surface area (Å²) in [5.41, 5.74) is 2.82. The molecule has 0 atom stereocenters. The Morgan fingerprint density at radius 1 is 1.29 bits per heavy atom. The predicted molar refractivity (Wildman–Crippen MR) is 114 cm³/mol. The fourth-order valence-corrected chi connectivity index (χ4v) is 4.49. The van der Waals surface area contributed by atoms with Crippen LogP contribution in [0.15, 0.2) is 51.3 Å². The second-order valence-electron chi connectivity index (χ2n) is 5.74. The van der Waals surface area contributed by atoms with E-state index in [0.717, 1.165) is 19.9 Å². The summed E-state index contributed by atoms with van der Waals surface area (Å²) in [6, 6.07) is 15.1. The SMILES string of the molecule is Cc1ccc(OCC(=O)Nc2nnc(SCc3ccc(C#N)cc3)s2)c(Br)c1. The van der Waals surface area contributed by atoms with Crippen LogP contribution < -0.4 is 10.1 Å². The van der Waals surface area contributed by atoms with Gasteiger partial charge in [0, 0.05) is 5.75 Å². The Kier molecular flexibility index (Phi) is 7.03. The third-order valence-electron chi connectivity index (χ3n) is 3.54. The maximum absolute atomic E-state index is 12.1. The number of hydrogen-bond acceptors (Lipinski definition) is 7. The van der Waals surface area contributed by atoms with Crippen molar-refractivity contribution in [2.75, 3.05) is 11.9 Å². The van der Waals surface area contributed by atoms with Crippen LogP contribution in [0.5, 0.6) is 5.75 Å². The minimum atomic E-state index is -0.299. The number of aryl methyl sites for hydroxylation is 1. The number of aromatic nitrogens is 2. The number of nitriles is 1. The number of benzene rings is 2. The lowest BCUT2D eigenvalue weighted by molar-refractivity contribution is -0.118. The van der Waals surface area contributed by atoms with Crippen LogP contribution in [-0.2, 0) is 10.5 Å². The van der Waals surface area contributed by atoms with Crippen LogP contribution in [-0.4, -0.2) is 22.7 Å². The molecule has 142 valence electrons. The number of carbonyl (C=O) groups excluding carboxylic acids is 1. The Morgan fingerprint density at radius 3 is 2.79 bits per heavy atom. The molecule has 0 saturated carbocycles. The number of anilines is 1. The van der Waals surface area contributed by atoms with Gasteiger partial charge in [-0.2, -0.15) is 5.26 Å². The first-order valence-corrected chi connectivity index (χ1v) is 10.8. The molecule has 0 saturated heterocycles. The fourth-order valence-electron chi connectivity index (χ4n) is 2.16. The predicted octanol–water partition coefficient (Wildman–Crippen LogP) is 4.79. The zero-order valence-electron chi connectivity index (χ0n) is 14.8. The van der Waals surface area contributed by atoms with Crippen molar-refractivity contribution in [2.45, 2.75) is 17.0 Å². The van der Waals surface area contributed by atoms with E-state index >= 15 is 0 Å². The minimum Gasteiger partial charge on any atom is -0.483 e. The van der Waals surface area contributed by atoms with E-state index in [1.165, 1.54) is 23.1 Å². The van der Waals surface area contributed by atoms with Crippen molar-refractivity contribution in [1.82, 2.24) is 10.2 Å². The highest BCUT2D eigenvalue weighted by Crippen LogP contribution is 2.29. The molecule has 3 aromatic rings. The molecule has 9 heteroatoms. The third kappa shape index (κ3) is 5.79. The second kappa shape index (κ2) is 9.68. The Balaban J connectivity index is 1.48. The summed E-state index contributed by atoms with van der Waals surface area (Å²) in [5, 5.41) is 20.0. The van der Waals surface area contributed by atoms with Crippen LogP contribution in [0.1, 0.15) is 16.7 Å². The van der Waals surface area contributed by atoms with Crippen molar-refractivity contribution in [3.8, 4) is 11.8 Å². The Labute approximate surface area is 179 Å². The summed E-state index contributed by atoms with van der Waals surface area (Å²) >= 11 is 6.24. The van der Waals surface area contributed by atoms with Gasteiger partial charge in [0.1, 0.15) is 5.75 Å². The van der Waals surface area contributed by atoms with Gasteiger partial charge in [-0.25, -0.2) is 0 Å². The normalized spacial score (nSPS) is 10.3. The van der Waals surface area contributed by atoms with Crippen molar-refractivity contribution >= 4 is 50.1 Å². The first-order valence-electron chi connectivity index (χ1n) is 8.17. The van der Waals surface area contributed by atoms with E-state index in [1.807, 2.05) is 37.3 Å². The number of amides is 1. The van der Waals surface area contributed by atoms with E-state index in [2.05, 4.69) is 37.5 Å². The number of ether oxygens (including phenoxy) is 1. The van der Waals surface area contributed by atoms with Crippen LogP contribution in [0.25, 0.3) is 0 Å². The van der Waals surface area contributed by atoms with Crippen molar-refractivity contribution in [3.05, 3.63) is 63.6 Å². The molecule has 1 N–H and O–H groups in total. The first kappa shape index (κ1) is 20.3. The van der Waals surface area contributed by atoms with Crippen molar-refractivity contribution in [1.29, 1.82) is 5.26 Å². The monoisotopic (exact) mass is 474 g/mol. The van der Waals surface area contributed by atoms with Gasteiger partial charge in [-0.3, -0.25) is 10.1 Å². The standard InChI is InChI=1S/C19H15BrN4O2S2/c1-12-2-7-16(15(20)8-12)26-10-17(25)22-18-23-24-19(28-18)27-11-14-5-3-13(9-21)4-6-14/h2-8H,10-11H2,1H3,(H,22,23,25). The third-order valence-corrected chi connectivity index (χ3v) is 6.21. The maximum Gasteiger partial charge on any atom is 0.264 e. The Bertz CT molecular complexity index is 1020. The summed E-state index contributed by atoms with van der Waals surface area (Å²) in [7, 11) is 0. The van der Waals surface area contributed by atoms with Gasteiger partial charge in [0.25, 0.3) is 5.91 Å². The second-order valence-corrected chi connectivity index (χ2v) is 8.80. The van der Waals surface area contributed by atoms with E-state index in [0.29, 0.717) is 22.2 Å². The Hall–Kier alpha value is -2.41. The zero-order valence-corrected chi connectivity index (χ0v) is 18.0. The molecule has 2 aromatic carbocycles. The number of nitrogens with one attached hydrogen (secondary N) is 1. The molecule has 0 aliphatic rings. The molecule has 3 rings (SSSR count). The molecule has 0 aliphatic heterocycles. The summed E-state index contributed by atoms with van der Waals surface area (Å²) < 4.78 is 7.08. The average Bonchev–Trinajstić information content (AvgIpc) is 3.13. The highest BCUT2D eigenvalue weighted by atomic mass is 79.9. The number of halogens is 1. The smallest absolute Gasteiger partial charge is 0.264 e. The topological polar surface area (TPSA) is 87.9 Å². The number of rotatable bonds is 7. The van der Waals surface area contributed by atoms with Crippen LogP contribution in [0.4, 0.5) is 5.13 Å². The molecular formula is C19H15BrN4O2S2. The summed E-state index contributed by atoms with van der Waals surface area (Å²) in [5.74, 6) is 1.02. The molecule has 6 nitrogen and oxygen atoms in total. The molecule has 1 aromatic heterocycles. The van der Waals surface area contributed by atoms with Gasteiger partial charge in [-0.1, -0.05) is 41.3 Å². The molecular weight excluding hydrogens is 460 g/mol. The molecule has 28 heavy (non-hydrogen) atoms. The lowest BCUT2D eigenvalue weighted by atomic mass is 10.2. The Morgan fingerprint density at radius 2 is 2.07 bits per heavy atom. The highest BCUT2D eigenvalue weighted by molar-refractivity contribution is 9.10. The quantitative estimate of drug-likeness (QED) is 0.391.